The van der Waals surface area contributed by atoms with Gasteiger partial charge >= 0.3 is 5.76 Å². The Hall–Kier alpha value is -3.34. The van der Waals surface area contributed by atoms with Crippen LogP contribution in [-0.4, -0.2) is 36.8 Å². The van der Waals surface area contributed by atoms with Crippen molar-refractivity contribution in [2.45, 2.75) is 17.6 Å². The summed E-state index contributed by atoms with van der Waals surface area (Å²) in [4.78, 5) is 15.5. The van der Waals surface area contributed by atoms with Gasteiger partial charge in [0.15, 0.2) is 6.61 Å². The second-order valence-corrected chi connectivity index (χ2v) is 7.75. The van der Waals surface area contributed by atoms with E-state index in [4.69, 9.17) is 9.26 Å². The maximum atomic E-state index is 12.5. The molecule has 2 aromatic carbocycles. The Morgan fingerprint density at radius 2 is 1.79 bits per heavy atom. The number of aromatic nitrogens is 2. The van der Waals surface area contributed by atoms with Crippen LogP contribution < -0.4 is 10.1 Å². The number of anilines is 1. The third-order valence-electron chi connectivity index (χ3n) is 3.71. The Morgan fingerprint density at radius 1 is 1.14 bits per heavy atom. The van der Waals surface area contributed by atoms with E-state index in [1.54, 1.807) is 31.2 Å². The number of benzene rings is 2. The summed E-state index contributed by atoms with van der Waals surface area (Å²) >= 11 is 0. The first-order valence-corrected chi connectivity index (χ1v) is 9.76. The first-order valence-electron chi connectivity index (χ1n) is 8.21. The summed E-state index contributed by atoms with van der Waals surface area (Å²) in [5, 5.41) is 6.28. The molecule has 0 spiro atoms. The average Bonchev–Trinajstić information content (AvgIpc) is 3.13. The summed E-state index contributed by atoms with van der Waals surface area (Å²) in [5.74, 6) is -2.71. The van der Waals surface area contributed by atoms with E-state index in [0.29, 0.717) is 17.5 Å². The number of ether oxygens (including phenoxy) is 1. The number of amides is 1. The molecule has 1 heterocycles. The van der Waals surface area contributed by atoms with Gasteiger partial charge in [0.25, 0.3) is 5.91 Å². The van der Waals surface area contributed by atoms with E-state index in [2.05, 4.69) is 15.5 Å². The number of sulfone groups is 1. The number of hydrogen-bond donors (Lipinski definition) is 1. The van der Waals surface area contributed by atoms with Gasteiger partial charge in [0, 0.05) is 18.2 Å². The molecule has 0 saturated carbocycles. The number of carbonyl (C=O) groups excluding carboxylic acids is 1. The molecule has 29 heavy (non-hydrogen) atoms. The number of aryl methyl sites for hydroxylation is 1. The highest BCUT2D eigenvalue weighted by molar-refractivity contribution is 7.91. The maximum Gasteiger partial charge on any atom is 0.341 e. The van der Waals surface area contributed by atoms with Gasteiger partial charge in [-0.2, -0.15) is 13.8 Å². The molecule has 0 atom stereocenters. The summed E-state index contributed by atoms with van der Waals surface area (Å²) < 4.78 is 58.0. The second kappa shape index (κ2) is 8.35. The normalized spacial score (nSPS) is 11.4. The zero-order valence-electron chi connectivity index (χ0n) is 15.0. The van der Waals surface area contributed by atoms with Gasteiger partial charge < -0.3 is 14.6 Å². The van der Waals surface area contributed by atoms with Crippen LogP contribution in [0.1, 0.15) is 5.89 Å². The average molecular weight is 423 g/mol. The SMILES string of the molecule is Cc1nc(-c2ccc(OCC(=O)Nc3ccc(S(=O)(=O)C(F)F)cc3)cc2)no1. The molecule has 1 N–H and O–H groups in total. The van der Waals surface area contributed by atoms with E-state index in [1.807, 2.05) is 0 Å². The van der Waals surface area contributed by atoms with Crippen molar-refractivity contribution in [2.24, 2.45) is 0 Å². The van der Waals surface area contributed by atoms with Gasteiger partial charge in [-0.25, -0.2) is 8.42 Å². The molecule has 8 nitrogen and oxygen atoms in total. The van der Waals surface area contributed by atoms with Crippen molar-refractivity contribution in [3.8, 4) is 17.1 Å². The Morgan fingerprint density at radius 3 is 2.34 bits per heavy atom. The summed E-state index contributed by atoms with van der Waals surface area (Å²) in [6.07, 6.45) is 0. The molecule has 1 amide bonds. The molecule has 0 aliphatic carbocycles. The predicted octanol–water partition coefficient (Wildman–Crippen LogP) is 3.06. The number of hydrogen-bond acceptors (Lipinski definition) is 7. The number of halogens is 2. The first kappa shape index (κ1) is 20.4. The van der Waals surface area contributed by atoms with Crippen LogP contribution in [0.4, 0.5) is 14.5 Å². The molecule has 0 bridgehead atoms. The number of rotatable bonds is 7. The second-order valence-electron chi connectivity index (χ2n) is 5.83. The lowest BCUT2D eigenvalue weighted by Gasteiger charge is -2.09. The van der Waals surface area contributed by atoms with E-state index in [9.17, 15) is 22.0 Å². The lowest BCUT2D eigenvalue weighted by atomic mass is 10.2. The molecule has 0 saturated heterocycles. The van der Waals surface area contributed by atoms with Gasteiger partial charge in [0.05, 0.1) is 4.90 Å². The Kier molecular flexibility index (Phi) is 5.87. The van der Waals surface area contributed by atoms with Crippen molar-refractivity contribution in [3.63, 3.8) is 0 Å². The summed E-state index contributed by atoms with van der Waals surface area (Å²) in [7, 11) is -4.68. The van der Waals surface area contributed by atoms with E-state index in [-0.39, 0.29) is 12.3 Å². The van der Waals surface area contributed by atoms with Crippen molar-refractivity contribution < 1.29 is 31.3 Å². The molecule has 0 radical (unpaired) electrons. The molecule has 0 unspecified atom stereocenters. The van der Waals surface area contributed by atoms with E-state index < -0.39 is 26.4 Å². The monoisotopic (exact) mass is 423 g/mol. The standard InChI is InChI=1S/C18H15F2N3O5S/c1-11-21-17(23-28-11)12-2-6-14(7-3-12)27-10-16(24)22-13-4-8-15(9-5-13)29(25,26)18(19)20/h2-9,18H,10H2,1H3,(H,22,24). The Balaban J connectivity index is 1.55. The molecular weight excluding hydrogens is 408 g/mol. The van der Waals surface area contributed by atoms with Crippen molar-refractivity contribution in [3.05, 3.63) is 54.4 Å². The van der Waals surface area contributed by atoms with Crippen molar-refractivity contribution >= 4 is 21.4 Å². The summed E-state index contributed by atoms with van der Waals surface area (Å²) in [5.41, 5.74) is 0.965. The quantitative estimate of drug-likeness (QED) is 0.622. The molecule has 3 rings (SSSR count). The van der Waals surface area contributed by atoms with Gasteiger partial charge in [-0.1, -0.05) is 5.16 Å². The van der Waals surface area contributed by atoms with E-state index in [1.165, 1.54) is 12.1 Å². The highest BCUT2D eigenvalue weighted by Gasteiger charge is 2.26. The zero-order chi connectivity index (χ0) is 21.0. The highest BCUT2D eigenvalue weighted by atomic mass is 32.2. The fraction of sp³-hybridized carbons (Fsp3) is 0.167. The highest BCUT2D eigenvalue weighted by Crippen LogP contribution is 2.21. The molecule has 11 heteroatoms. The van der Waals surface area contributed by atoms with Crippen molar-refractivity contribution in [1.29, 1.82) is 0 Å². The number of nitrogens with one attached hydrogen (secondary N) is 1. The lowest BCUT2D eigenvalue weighted by Crippen LogP contribution is -2.20. The maximum absolute atomic E-state index is 12.5. The number of alkyl halides is 2. The molecule has 0 fully saturated rings. The Labute approximate surface area is 164 Å². The predicted molar refractivity (Wildman–Crippen MR) is 98.2 cm³/mol. The van der Waals surface area contributed by atoms with Crippen LogP contribution in [0.15, 0.2) is 57.9 Å². The number of nitrogens with zero attached hydrogens (tertiary/aromatic N) is 2. The fourth-order valence-electron chi connectivity index (χ4n) is 2.29. The fourth-order valence-corrected chi connectivity index (χ4v) is 3.01. The van der Waals surface area contributed by atoms with Crippen molar-refractivity contribution in [2.75, 3.05) is 11.9 Å². The molecule has 1 aromatic heterocycles. The van der Waals surface area contributed by atoms with Crippen molar-refractivity contribution in [1.82, 2.24) is 10.1 Å². The van der Waals surface area contributed by atoms with Crippen LogP contribution in [0, 0.1) is 6.92 Å². The van der Waals surface area contributed by atoms with Crippen LogP contribution >= 0.6 is 0 Å². The Bertz CT molecular complexity index is 1100. The minimum atomic E-state index is -4.68. The van der Waals surface area contributed by atoms with E-state index in [0.717, 1.165) is 17.7 Å². The lowest BCUT2D eigenvalue weighted by molar-refractivity contribution is -0.118. The molecular formula is C18H15F2N3O5S. The number of carbonyl (C=O) groups is 1. The molecule has 0 aliphatic rings. The van der Waals surface area contributed by atoms with Crippen LogP contribution in [0.2, 0.25) is 0 Å². The first-order chi connectivity index (χ1) is 13.8. The van der Waals surface area contributed by atoms with Gasteiger partial charge in [0.2, 0.25) is 21.6 Å². The van der Waals surface area contributed by atoms with E-state index >= 15 is 0 Å². The topological polar surface area (TPSA) is 111 Å². The van der Waals surface area contributed by atoms with Gasteiger partial charge in [0.1, 0.15) is 5.75 Å². The summed E-state index contributed by atoms with van der Waals surface area (Å²) in [6.45, 7) is 1.37. The molecule has 152 valence electrons. The van der Waals surface area contributed by atoms with Crippen LogP contribution in [0.5, 0.6) is 5.75 Å². The summed E-state index contributed by atoms with van der Waals surface area (Å²) in [6, 6.07) is 11.1. The van der Waals surface area contributed by atoms with Crippen LogP contribution in [0.3, 0.4) is 0 Å². The van der Waals surface area contributed by atoms with Gasteiger partial charge in [-0.15, -0.1) is 0 Å². The largest absolute Gasteiger partial charge is 0.484 e. The minimum absolute atomic E-state index is 0.245. The third-order valence-corrected chi connectivity index (χ3v) is 5.11. The molecule has 0 aliphatic heterocycles. The van der Waals surface area contributed by atoms with Crippen LogP contribution in [-0.2, 0) is 14.6 Å². The smallest absolute Gasteiger partial charge is 0.341 e. The van der Waals surface area contributed by atoms with Crippen LogP contribution in [0.25, 0.3) is 11.4 Å². The van der Waals surface area contributed by atoms with Gasteiger partial charge in [-0.05, 0) is 48.5 Å². The zero-order valence-corrected chi connectivity index (χ0v) is 15.8. The third kappa shape index (κ3) is 4.93. The minimum Gasteiger partial charge on any atom is -0.484 e. The van der Waals surface area contributed by atoms with Gasteiger partial charge in [-0.3, -0.25) is 4.79 Å². The molecule has 3 aromatic rings.